The van der Waals surface area contributed by atoms with E-state index < -0.39 is 0 Å². The lowest BCUT2D eigenvalue weighted by atomic mass is 10.2. The summed E-state index contributed by atoms with van der Waals surface area (Å²) in [5.41, 5.74) is 3.46. The third-order valence-electron chi connectivity index (χ3n) is 6.07. The summed E-state index contributed by atoms with van der Waals surface area (Å²) in [6.07, 6.45) is 14.1. The largest absolute Gasteiger partial charge is 0.285 e. The van der Waals surface area contributed by atoms with Gasteiger partial charge in [-0.05, 0) is 62.8 Å². The molecule has 0 unspecified atom stereocenters. The van der Waals surface area contributed by atoms with Gasteiger partial charge in [0.25, 0.3) is 0 Å². The van der Waals surface area contributed by atoms with Gasteiger partial charge >= 0.3 is 0 Å². The molecule has 0 N–H and O–H groups in total. The lowest BCUT2D eigenvalue weighted by Gasteiger charge is -2.12. The van der Waals surface area contributed by atoms with Crippen LogP contribution in [0.4, 0.5) is 0 Å². The molecule has 0 radical (unpaired) electrons. The third-order valence-corrected chi connectivity index (χ3v) is 6.07. The lowest BCUT2D eigenvalue weighted by Crippen LogP contribution is -2.17. The van der Waals surface area contributed by atoms with Gasteiger partial charge in [0.2, 0.25) is 0 Å². The quantitative estimate of drug-likeness (QED) is 0.678. The van der Waals surface area contributed by atoms with Crippen molar-refractivity contribution in [1.29, 1.82) is 0 Å². The molecular weight excluding hydrogens is 372 g/mol. The van der Waals surface area contributed by atoms with Crippen molar-refractivity contribution in [1.82, 2.24) is 9.97 Å². The van der Waals surface area contributed by atoms with Gasteiger partial charge in [-0.25, -0.2) is 9.97 Å². The van der Waals surface area contributed by atoms with Crippen LogP contribution in [0.2, 0.25) is 0 Å². The molecule has 6 nitrogen and oxygen atoms in total. The van der Waals surface area contributed by atoms with E-state index in [2.05, 4.69) is 0 Å². The summed E-state index contributed by atoms with van der Waals surface area (Å²) in [6.45, 7) is 0. The number of rotatable bonds is 0. The van der Waals surface area contributed by atoms with Gasteiger partial charge in [-0.1, -0.05) is 12.1 Å². The van der Waals surface area contributed by atoms with E-state index in [4.69, 9.17) is 29.9 Å². The first-order chi connectivity index (χ1) is 14.8. The molecule has 0 aromatic carbocycles. The van der Waals surface area contributed by atoms with E-state index in [0.29, 0.717) is 0 Å². The van der Waals surface area contributed by atoms with Gasteiger partial charge in [-0.3, -0.25) is 20.0 Å². The molecule has 0 amide bonds. The van der Waals surface area contributed by atoms with Crippen LogP contribution in [0, 0.1) is 0 Å². The summed E-state index contributed by atoms with van der Waals surface area (Å²) in [6, 6.07) is 12.8. The predicted molar refractivity (Wildman–Crippen MR) is 122 cm³/mol. The summed E-state index contributed by atoms with van der Waals surface area (Å²) < 4.78 is 0. The number of aliphatic imine (C=N–C) groups is 4. The van der Waals surface area contributed by atoms with Crippen molar-refractivity contribution < 1.29 is 0 Å². The fourth-order valence-corrected chi connectivity index (χ4v) is 4.45. The van der Waals surface area contributed by atoms with E-state index in [-0.39, 0.29) is 24.2 Å². The minimum Gasteiger partial charge on any atom is -0.285 e. The minimum atomic E-state index is 0.197. The van der Waals surface area contributed by atoms with Gasteiger partial charge < -0.3 is 0 Å². The van der Waals surface area contributed by atoms with Crippen LogP contribution in [0.3, 0.4) is 0 Å². The molecule has 6 heteroatoms. The summed E-state index contributed by atoms with van der Waals surface area (Å²) in [5.74, 6) is 0. The molecule has 4 bridgehead atoms. The maximum absolute atomic E-state index is 4.82. The van der Waals surface area contributed by atoms with E-state index >= 15 is 0 Å². The van der Waals surface area contributed by atoms with Gasteiger partial charge in [0.15, 0.2) is 0 Å². The Balaban J connectivity index is 1.50. The molecule has 2 fully saturated rings. The Morgan fingerprint density at radius 3 is 1.07 bits per heavy atom. The normalized spacial score (nSPS) is 28.0. The molecule has 0 spiro atoms. The Kier molecular flexibility index (Phi) is 5.55. The monoisotopic (exact) mass is 398 g/mol. The zero-order chi connectivity index (χ0) is 20.2. The van der Waals surface area contributed by atoms with E-state index in [1.165, 1.54) is 0 Å². The van der Waals surface area contributed by atoms with Gasteiger partial charge in [-0.2, -0.15) is 0 Å². The molecule has 3 aliphatic rings. The highest BCUT2D eigenvalue weighted by molar-refractivity contribution is 5.83. The molecule has 0 saturated heterocycles. The average Bonchev–Trinajstić information content (AvgIpc) is 3.42. The number of pyridine rings is 2. The smallest absolute Gasteiger partial charge is 0.0815 e. The number of fused-ring (bicyclic) bond motifs is 6. The maximum Gasteiger partial charge on any atom is 0.0815 e. The molecule has 152 valence electrons. The van der Waals surface area contributed by atoms with Gasteiger partial charge in [0, 0.05) is 24.9 Å². The Morgan fingerprint density at radius 1 is 0.467 bits per heavy atom. The Labute approximate surface area is 177 Å². The summed E-state index contributed by atoms with van der Waals surface area (Å²) in [4.78, 5) is 28.7. The second-order valence-electron chi connectivity index (χ2n) is 8.22. The topological polar surface area (TPSA) is 75.2 Å². The molecule has 2 aromatic rings. The molecule has 4 atom stereocenters. The van der Waals surface area contributed by atoms with Crippen LogP contribution in [-0.4, -0.2) is 59.0 Å². The van der Waals surface area contributed by atoms with Gasteiger partial charge in [0.1, 0.15) is 0 Å². The second-order valence-corrected chi connectivity index (χ2v) is 8.22. The van der Waals surface area contributed by atoms with E-state index in [1.54, 1.807) is 0 Å². The van der Waals surface area contributed by atoms with Crippen LogP contribution < -0.4 is 0 Å². The first-order valence-electron chi connectivity index (χ1n) is 10.9. The van der Waals surface area contributed by atoms with Crippen molar-refractivity contribution in [2.75, 3.05) is 0 Å². The zero-order valence-electron chi connectivity index (χ0n) is 17.0. The minimum absolute atomic E-state index is 0.197. The molecule has 5 rings (SSSR count). The van der Waals surface area contributed by atoms with E-state index in [0.717, 1.165) is 61.3 Å². The van der Waals surface area contributed by atoms with Crippen LogP contribution in [0.25, 0.3) is 0 Å². The van der Waals surface area contributed by atoms with Crippen molar-refractivity contribution >= 4 is 24.9 Å². The number of hydrogen-bond acceptors (Lipinski definition) is 6. The predicted octanol–water partition coefficient (Wildman–Crippen LogP) is 3.71. The van der Waals surface area contributed by atoms with Crippen molar-refractivity contribution in [3.05, 3.63) is 59.2 Å². The van der Waals surface area contributed by atoms with Crippen molar-refractivity contribution in [2.24, 2.45) is 20.0 Å². The fourth-order valence-electron chi connectivity index (χ4n) is 4.45. The molecule has 2 saturated carbocycles. The standard InChI is InChI=1S/C24H26N6/c1-5-17-13-25-21-9-3-11-23(21)27-15-19-7-2-8-20(30-19)16-28-24-12-4-10-22(24)26-14-18(6-1)29-17/h1-2,5-8,13-16,21-24H,3-4,9-12H2/t21-,22+,23-,24+. The van der Waals surface area contributed by atoms with E-state index in [1.807, 2.05) is 61.3 Å². The first-order valence-corrected chi connectivity index (χ1v) is 10.9. The highest BCUT2D eigenvalue weighted by Crippen LogP contribution is 2.26. The highest BCUT2D eigenvalue weighted by Gasteiger charge is 2.26. The van der Waals surface area contributed by atoms with Crippen molar-refractivity contribution in [3.63, 3.8) is 0 Å². The Bertz CT molecular complexity index is 856. The molecule has 1 aliphatic heterocycles. The second kappa shape index (κ2) is 8.78. The Hall–Kier alpha value is -3.02. The van der Waals surface area contributed by atoms with Gasteiger partial charge in [-0.15, -0.1) is 0 Å². The Morgan fingerprint density at radius 2 is 0.767 bits per heavy atom. The zero-order valence-corrected chi connectivity index (χ0v) is 17.0. The molecular formula is C24H26N6. The van der Waals surface area contributed by atoms with Crippen molar-refractivity contribution in [3.8, 4) is 0 Å². The van der Waals surface area contributed by atoms with Crippen LogP contribution in [-0.2, 0) is 0 Å². The SMILES string of the molecule is C1=N[C@H]2CCC[C@@H]2N=Cc2cccc(n2)C=N[C@@H]2CCC[C@H]2N=Cc2cccc1n2. The van der Waals surface area contributed by atoms with E-state index in [9.17, 15) is 0 Å². The fraction of sp³-hybridized carbons (Fsp3) is 0.417. The molecule has 3 heterocycles. The maximum atomic E-state index is 4.82. The van der Waals surface area contributed by atoms with Crippen LogP contribution in [0.15, 0.2) is 56.4 Å². The van der Waals surface area contributed by atoms with Gasteiger partial charge in [0.05, 0.1) is 46.9 Å². The lowest BCUT2D eigenvalue weighted by molar-refractivity contribution is 0.611. The first kappa shape index (κ1) is 19.0. The summed E-state index contributed by atoms with van der Waals surface area (Å²) in [5, 5.41) is 0. The number of nitrogens with zero attached hydrogens (tertiary/aromatic N) is 6. The number of hydrogen-bond donors (Lipinski definition) is 0. The molecule has 30 heavy (non-hydrogen) atoms. The van der Waals surface area contributed by atoms with Crippen LogP contribution >= 0.6 is 0 Å². The molecule has 2 aromatic heterocycles. The van der Waals surface area contributed by atoms with Crippen molar-refractivity contribution in [2.45, 2.75) is 62.7 Å². The molecule has 2 aliphatic carbocycles. The number of aromatic nitrogens is 2. The summed E-state index contributed by atoms with van der Waals surface area (Å²) >= 11 is 0. The summed E-state index contributed by atoms with van der Waals surface area (Å²) in [7, 11) is 0. The third kappa shape index (κ3) is 4.42. The highest BCUT2D eigenvalue weighted by atomic mass is 14.9. The van der Waals surface area contributed by atoms with Crippen LogP contribution in [0.1, 0.15) is 61.3 Å². The van der Waals surface area contributed by atoms with Crippen LogP contribution in [0.5, 0.6) is 0 Å². The average molecular weight is 399 g/mol.